The normalized spacial score (nSPS) is 28.6. The molecule has 0 atom stereocenters. The van der Waals surface area contributed by atoms with Crippen molar-refractivity contribution in [3.8, 4) is 0 Å². The van der Waals surface area contributed by atoms with Crippen LogP contribution in [0.2, 0.25) is 0 Å². The first-order valence-corrected chi connectivity index (χ1v) is 4.65. The highest BCUT2D eigenvalue weighted by Crippen LogP contribution is 2.31. The van der Waals surface area contributed by atoms with Crippen LogP contribution in [-0.4, -0.2) is 35.1 Å². The summed E-state index contributed by atoms with van der Waals surface area (Å²) < 4.78 is 0. The average molecular weight is 171 g/mol. The molecule has 1 aliphatic rings. The lowest BCUT2D eigenvalue weighted by Gasteiger charge is -2.40. The summed E-state index contributed by atoms with van der Waals surface area (Å²) in [7, 11) is 0. The van der Waals surface area contributed by atoms with Crippen molar-refractivity contribution >= 4 is 5.97 Å². The zero-order valence-electron chi connectivity index (χ0n) is 7.79. The van der Waals surface area contributed by atoms with Gasteiger partial charge in [-0.3, -0.25) is 4.79 Å². The van der Waals surface area contributed by atoms with E-state index in [1.807, 2.05) is 0 Å². The third-order valence-electron chi connectivity index (χ3n) is 2.79. The van der Waals surface area contributed by atoms with E-state index in [1.165, 1.54) is 0 Å². The van der Waals surface area contributed by atoms with Crippen LogP contribution in [0.4, 0.5) is 0 Å². The van der Waals surface area contributed by atoms with Gasteiger partial charge in [0, 0.05) is 6.04 Å². The number of carbonyl (C=O) groups is 1. The van der Waals surface area contributed by atoms with Crippen LogP contribution in [0.5, 0.6) is 0 Å². The van der Waals surface area contributed by atoms with Crippen molar-refractivity contribution < 1.29 is 9.90 Å². The van der Waals surface area contributed by atoms with Crippen LogP contribution in [-0.2, 0) is 4.79 Å². The van der Waals surface area contributed by atoms with Gasteiger partial charge in [-0.05, 0) is 25.9 Å². The molecule has 0 radical (unpaired) electrons. The van der Waals surface area contributed by atoms with E-state index in [2.05, 4.69) is 18.7 Å². The zero-order valence-corrected chi connectivity index (χ0v) is 7.79. The summed E-state index contributed by atoms with van der Waals surface area (Å²) in [6, 6.07) is 0.529. The number of aliphatic carboxylic acids is 1. The molecule has 0 aromatic carbocycles. The van der Waals surface area contributed by atoms with Crippen molar-refractivity contribution in [2.24, 2.45) is 5.92 Å². The number of carboxylic acid groups (broad SMARTS) is 1. The molecule has 12 heavy (non-hydrogen) atoms. The van der Waals surface area contributed by atoms with Crippen LogP contribution in [0.15, 0.2) is 0 Å². The molecule has 1 rings (SSSR count). The van der Waals surface area contributed by atoms with Crippen LogP contribution in [0.3, 0.4) is 0 Å². The van der Waals surface area contributed by atoms with Crippen LogP contribution in [0.25, 0.3) is 0 Å². The third kappa shape index (κ3) is 1.78. The Morgan fingerprint density at radius 3 is 2.25 bits per heavy atom. The smallest absolute Gasteiger partial charge is 0.306 e. The van der Waals surface area contributed by atoms with Gasteiger partial charge in [-0.1, -0.05) is 13.8 Å². The fourth-order valence-electron chi connectivity index (χ4n) is 1.83. The Kier molecular flexibility index (Phi) is 3.09. The van der Waals surface area contributed by atoms with Gasteiger partial charge >= 0.3 is 5.97 Å². The molecule has 0 amide bonds. The van der Waals surface area contributed by atoms with E-state index in [0.29, 0.717) is 6.04 Å². The van der Waals surface area contributed by atoms with E-state index < -0.39 is 5.97 Å². The summed E-state index contributed by atoms with van der Waals surface area (Å²) in [4.78, 5) is 12.8. The van der Waals surface area contributed by atoms with E-state index in [4.69, 9.17) is 5.11 Å². The van der Waals surface area contributed by atoms with Gasteiger partial charge in [0.15, 0.2) is 0 Å². The molecular weight excluding hydrogens is 154 g/mol. The number of nitrogens with zero attached hydrogens (tertiary/aromatic N) is 1. The van der Waals surface area contributed by atoms with E-state index in [9.17, 15) is 4.79 Å². The molecule has 0 bridgehead atoms. The molecule has 0 saturated heterocycles. The maximum Gasteiger partial charge on any atom is 0.306 e. The quantitative estimate of drug-likeness (QED) is 0.690. The van der Waals surface area contributed by atoms with Crippen LogP contribution in [0.1, 0.15) is 26.7 Å². The van der Waals surface area contributed by atoms with Crippen molar-refractivity contribution in [3.05, 3.63) is 0 Å². The molecule has 0 unspecified atom stereocenters. The second kappa shape index (κ2) is 3.90. The second-order valence-corrected chi connectivity index (χ2v) is 3.38. The Bertz CT molecular complexity index is 160. The number of carboxylic acids is 1. The number of hydrogen-bond donors (Lipinski definition) is 1. The first kappa shape index (κ1) is 9.52. The monoisotopic (exact) mass is 171 g/mol. The lowest BCUT2D eigenvalue weighted by molar-refractivity contribution is -0.147. The van der Waals surface area contributed by atoms with Crippen LogP contribution in [0, 0.1) is 5.92 Å². The van der Waals surface area contributed by atoms with Gasteiger partial charge in [0.25, 0.3) is 0 Å². The maximum absolute atomic E-state index is 10.5. The maximum atomic E-state index is 10.5. The van der Waals surface area contributed by atoms with Crippen molar-refractivity contribution in [1.82, 2.24) is 4.90 Å². The SMILES string of the molecule is CCN(CC)C1CC(C(=O)O)C1. The fraction of sp³-hybridized carbons (Fsp3) is 0.889. The summed E-state index contributed by atoms with van der Waals surface area (Å²) in [5, 5.41) is 8.66. The fourth-order valence-corrected chi connectivity index (χ4v) is 1.83. The molecule has 1 aliphatic carbocycles. The van der Waals surface area contributed by atoms with Crippen molar-refractivity contribution in [3.63, 3.8) is 0 Å². The van der Waals surface area contributed by atoms with Gasteiger partial charge in [0.1, 0.15) is 0 Å². The topological polar surface area (TPSA) is 40.5 Å². The molecule has 0 aromatic rings. The predicted molar refractivity (Wildman–Crippen MR) is 47.1 cm³/mol. The molecule has 70 valence electrons. The van der Waals surface area contributed by atoms with Crippen molar-refractivity contribution in [2.75, 3.05) is 13.1 Å². The van der Waals surface area contributed by atoms with E-state index >= 15 is 0 Å². The standard InChI is InChI=1S/C9H17NO2/c1-3-10(4-2)8-5-7(6-8)9(11)12/h7-8H,3-6H2,1-2H3,(H,11,12). The van der Waals surface area contributed by atoms with E-state index in [1.54, 1.807) is 0 Å². The van der Waals surface area contributed by atoms with Gasteiger partial charge < -0.3 is 10.0 Å². The summed E-state index contributed by atoms with van der Waals surface area (Å²) in [5.41, 5.74) is 0. The van der Waals surface area contributed by atoms with Gasteiger partial charge in [0.05, 0.1) is 5.92 Å². The zero-order chi connectivity index (χ0) is 9.14. The Morgan fingerprint density at radius 2 is 1.92 bits per heavy atom. The van der Waals surface area contributed by atoms with Gasteiger partial charge in [0.2, 0.25) is 0 Å². The molecule has 1 fully saturated rings. The summed E-state index contributed by atoms with van der Waals surface area (Å²) in [6.45, 7) is 6.32. The van der Waals surface area contributed by atoms with E-state index in [-0.39, 0.29) is 5.92 Å². The molecule has 1 saturated carbocycles. The molecule has 0 aliphatic heterocycles. The highest BCUT2D eigenvalue weighted by atomic mass is 16.4. The van der Waals surface area contributed by atoms with Gasteiger partial charge in [-0.25, -0.2) is 0 Å². The van der Waals surface area contributed by atoms with E-state index in [0.717, 1.165) is 25.9 Å². The summed E-state index contributed by atoms with van der Waals surface area (Å²) in [5.74, 6) is -0.700. The van der Waals surface area contributed by atoms with Crippen LogP contribution < -0.4 is 0 Å². The Balaban J connectivity index is 2.28. The third-order valence-corrected chi connectivity index (χ3v) is 2.79. The molecule has 1 N–H and O–H groups in total. The summed E-state index contributed by atoms with van der Waals surface area (Å²) >= 11 is 0. The molecular formula is C9H17NO2. The highest BCUT2D eigenvalue weighted by Gasteiger charge is 2.36. The Labute approximate surface area is 73.4 Å². The highest BCUT2D eigenvalue weighted by molar-refractivity contribution is 5.71. The lowest BCUT2D eigenvalue weighted by Crippen LogP contribution is -2.46. The van der Waals surface area contributed by atoms with Crippen molar-refractivity contribution in [2.45, 2.75) is 32.7 Å². The number of rotatable bonds is 4. The van der Waals surface area contributed by atoms with Gasteiger partial charge in [-0.2, -0.15) is 0 Å². The minimum atomic E-state index is -0.626. The predicted octanol–water partition coefficient (Wildman–Crippen LogP) is 1.19. The molecule has 0 heterocycles. The minimum Gasteiger partial charge on any atom is -0.481 e. The first-order valence-electron chi connectivity index (χ1n) is 4.65. The van der Waals surface area contributed by atoms with Gasteiger partial charge in [-0.15, -0.1) is 0 Å². The van der Waals surface area contributed by atoms with Crippen molar-refractivity contribution in [1.29, 1.82) is 0 Å². The molecule has 0 spiro atoms. The second-order valence-electron chi connectivity index (χ2n) is 3.38. The van der Waals surface area contributed by atoms with Crippen LogP contribution >= 0.6 is 0 Å². The molecule has 3 nitrogen and oxygen atoms in total. The molecule has 3 heteroatoms. The largest absolute Gasteiger partial charge is 0.481 e. The Morgan fingerprint density at radius 1 is 1.42 bits per heavy atom. The lowest BCUT2D eigenvalue weighted by atomic mass is 9.79. The minimum absolute atomic E-state index is 0.0735. The Hall–Kier alpha value is -0.570. The summed E-state index contributed by atoms with van der Waals surface area (Å²) in [6.07, 6.45) is 1.69. The average Bonchev–Trinajstić information content (AvgIpc) is 1.94. The first-order chi connectivity index (χ1) is 5.69. The number of hydrogen-bond acceptors (Lipinski definition) is 2. The molecule has 0 aromatic heterocycles.